The molecule has 0 radical (unpaired) electrons. The van der Waals surface area contributed by atoms with E-state index >= 15 is 0 Å². The van der Waals surface area contributed by atoms with Gasteiger partial charge in [0.05, 0.1) is 7.11 Å². The third-order valence-electron chi connectivity index (χ3n) is 5.62. The van der Waals surface area contributed by atoms with Crippen LogP contribution in [0, 0.1) is 19.3 Å². The fraction of sp³-hybridized carbons (Fsp3) is 0.407. The highest BCUT2D eigenvalue weighted by Crippen LogP contribution is 2.38. The quantitative estimate of drug-likeness (QED) is 0.314. The number of aromatic nitrogens is 4. The molecule has 0 saturated heterocycles. The molecular formula is C27H37N5O4S. The zero-order valence-corrected chi connectivity index (χ0v) is 23.6. The molecule has 1 atom stereocenters. The molecule has 9 nitrogen and oxygen atoms in total. The van der Waals surface area contributed by atoms with E-state index in [1.165, 1.54) is 5.56 Å². The minimum Gasteiger partial charge on any atom is -0.493 e. The van der Waals surface area contributed by atoms with Crippen molar-refractivity contribution < 1.29 is 17.9 Å². The van der Waals surface area contributed by atoms with Crippen LogP contribution in [0.4, 0.5) is 0 Å². The maximum Gasteiger partial charge on any atom is 0.285 e. The summed E-state index contributed by atoms with van der Waals surface area (Å²) >= 11 is -1.78. The lowest BCUT2D eigenvalue weighted by atomic mass is 9.72. The molecule has 4 rings (SSSR count). The van der Waals surface area contributed by atoms with Gasteiger partial charge in [0.1, 0.15) is 11.6 Å². The first kappa shape index (κ1) is 28.2. The molecule has 2 aromatic carbocycles. The molecule has 0 amide bonds. The molecule has 0 bridgehead atoms. The molecular weight excluding hydrogens is 490 g/mol. The summed E-state index contributed by atoms with van der Waals surface area (Å²) in [6, 6.07) is 15.2. The van der Waals surface area contributed by atoms with Gasteiger partial charge in [0.15, 0.2) is 17.1 Å². The van der Waals surface area contributed by atoms with Gasteiger partial charge in [-0.3, -0.25) is 5.10 Å². The van der Waals surface area contributed by atoms with Crippen molar-refractivity contribution >= 4 is 16.9 Å². The number of methoxy groups -OCH3 is 1. The number of H-pyrrole nitrogens is 1. The topological polar surface area (TPSA) is 117 Å². The van der Waals surface area contributed by atoms with Crippen molar-refractivity contribution in [3.63, 3.8) is 0 Å². The summed E-state index contributed by atoms with van der Waals surface area (Å²) in [7, 11) is 1.60. The van der Waals surface area contributed by atoms with Gasteiger partial charge in [-0.1, -0.05) is 58.9 Å². The minimum atomic E-state index is -1.78. The fourth-order valence-corrected chi connectivity index (χ4v) is 4.71. The van der Waals surface area contributed by atoms with E-state index < -0.39 is 11.3 Å². The number of nitrogens with two attached hydrogens (primary N) is 1. The van der Waals surface area contributed by atoms with Crippen LogP contribution in [0.5, 0.6) is 23.1 Å². The average Bonchev–Trinajstić information content (AvgIpc) is 3.30. The minimum absolute atomic E-state index is 0.0279. The average molecular weight is 528 g/mol. The Hall–Kier alpha value is -3.37. The number of nitrogens with zero attached hydrogens (tertiary/aromatic N) is 3. The Bertz CT molecular complexity index is 1340. The Morgan fingerprint density at radius 3 is 2.27 bits per heavy atom. The van der Waals surface area contributed by atoms with E-state index in [0.29, 0.717) is 23.1 Å². The molecule has 10 heteroatoms. The predicted molar refractivity (Wildman–Crippen MR) is 146 cm³/mol. The lowest BCUT2D eigenvalue weighted by Crippen LogP contribution is -2.25. The first-order valence-electron chi connectivity index (χ1n) is 12.0. The van der Waals surface area contributed by atoms with Crippen molar-refractivity contribution in [3.8, 4) is 23.1 Å². The number of hydrogen-bond donors (Lipinski definition) is 2. The smallest absolute Gasteiger partial charge is 0.285 e. The Morgan fingerprint density at radius 1 is 1.00 bits per heavy atom. The summed E-state index contributed by atoms with van der Waals surface area (Å²) in [5.41, 5.74) is 3.10. The number of ether oxygens (including phenoxy) is 2. The monoisotopic (exact) mass is 527 g/mol. The zero-order chi connectivity index (χ0) is 27.4. The summed E-state index contributed by atoms with van der Waals surface area (Å²) in [5.74, 6) is 3.16. The molecule has 0 aliphatic rings. The van der Waals surface area contributed by atoms with Crippen LogP contribution in [0.15, 0.2) is 48.5 Å². The number of fused-ring (bicyclic) bond motifs is 1. The van der Waals surface area contributed by atoms with E-state index in [-0.39, 0.29) is 10.8 Å². The summed E-state index contributed by atoms with van der Waals surface area (Å²) in [6.07, 6.45) is 1.05. The van der Waals surface area contributed by atoms with Crippen LogP contribution in [-0.4, -0.2) is 31.1 Å². The van der Waals surface area contributed by atoms with Gasteiger partial charge in [0.2, 0.25) is 5.88 Å². The maximum atomic E-state index is 11.0. The Kier molecular flexibility index (Phi) is 8.65. The molecule has 1 unspecified atom stereocenters. The molecule has 0 spiro atoms. The Morgan fingerprint density at radius 2 is 1.68 bits per heavy atom. The summed E-state index contributed by atoms with van der Waals surface area (Å²) in [6.45, 7) is 14.9. The van der Waals surface area contributed by atoms with Crippen LogP contribution in [0.25, 0.3) is 5.65 Å². The molecule has 2 aromatic heterocycles. The van der Waals surface area contributed by atoms with Crippen molar-refractivity contribution in [3.05, 3.63) is 65.5 Å². The van der Waals surface area contributed by atoms with Gasteiger partial charge in [-0.05, 0) is 60.4 Å². The SMILES string of the molecule is COc1ccccc1Oc1cc2nc(C)[nH]n2n1.Cc1ccc(C(C)(C)CC(C)(C)C)cc1OS(N)=O. The number of aromatic amines is 1. The van der Waals surface area contributed by atoms with Crippen molar-refractivity contribution in [2.24, 2.45) is 10.6 Å². The third-order valence-corrected chi connectivity index (χ3v) is 5.96. The summed E-state index contributed by atoms with van der Waals surface area (Å²) in [5, 5.41) is 12.4. The van der Waals surface area contributed by atoms with Gasteiger partial charge in [0.25, 0.3) is 11.3 Å². The van der Waals surface area contributed by atoms with Crippen molar-refractivity contribution in [2.75, 3.05) is 7.11 Å². The van der Waals surface area contributed by atoms with E-state index in [1.54, 1.807) is 17.8 Å². The number of aryl methyl sites for hydroxylation is 2. The molecule has 37 heavy (non-hydrogen) atoms. The standard InChI is InChI=1S/C15H25NO2S.C12H12N4O2/c1-11-7-8-12(9-13(11)18-19(16)17)15(5,6)10-14(2,3)4;1-8-13-11-7-12(15-16(11)14-8)18-10-6-4-3-5-9(10)17-2/h7-9H,10,16H2,1-6H3;3-7H,1-2H3,(H,13,14). The first-order chi connectivity index (χ1) is 17.3. The molecule has 200 valence electrons. The Labute approximate surface area is 221 Å². The maximum absolute atomic E-state index is 11.0. The molecule has 0 aliphatic heterocycles. The van der Waals surface area contributed by atoms with E-state index in [9.17, 15) is 4.21 Å². The van der Waals surface area contributed by atoms with Crippen molar-refractivity contribution in [2.45, 2.75) is 60.3 Å². The van der Waals surface area contributed by atoms with Crippen LogP contribution >= 0.6 is 0 Å². The molecule has 0 aliphatic carbocycles. The number of hydrogen-bond acceptors (Lipinski definition) is 6. The fourth-order valence-electron chi connectivity index (χ4n) is 4.36. The lowest BCUT2D eigenvalue weighted by Gasteiger charge is -2.33. The second-order valence-electron chi connectivity index (χ2n) is 10.8. The molecule has 0 saturated carbocycles. The van der Waals surface area contributed by atoms with E-state index in [1.807, 2.05) is 50.2 Å². The second-order valence-corrected chi connectivity index (χ2v) is 11.4. The Balaban J connectivity index is 0.000000206. The number of nitrogens with one attached hydrogen (secondary N) is 1. The van der Waals surface area contributed by atoms with Gasteiger partial charge in [0, 0.05) is 6.07 Å². The van der Waals surface area contributed by atoms with E-state index in [2.05, 4.69) is 55.9 Å². The normalized spacial score (nSPS) is 12.6. The van der Waals surface area contributed by atoms with Gasteiger partial charge < -0.3 is 13.7 Å². The third kappa shape index (κ3) is 7.80. The largest absolute Gasteiger partial charge is 0.493 e. The van der Waals surface area contributed by atoms with Crippen molar-refractivity contribution in [1.29, 1.82) is 0 Å². The summed E-state index contributed by atoms with van der Waals surface area (Å²) < 4.78 is 28.6. The number of rotatable bonds is 7. The molecule has 4 aromatic rings. The van der Waals surface area contributed by atoms with Crippen LogP contribution in [0.2, 0.25) is 0 Å². The lowest BCUT2D eigenvalue weighted by molar-refractivity contribution is 0.284. The summed E-state index contributed by atoms with van der Waals surface area (Å²) in [4.78, 5) is 4.25. The van der Waals surface area contributed by atoms with Crippen LogP contribution in [0.3, 0.4) is 0 Å². The number of para-hydroxylation sites is 2. The predicted octanol–water partition coefficient (Wildman–Crippen LogP) is 5.79. The molecule has 3 N–H and O–H groups in total. The highest BCUT2D eigenvalue weighted by atomic mass is 32.2. The van der Waals surface area contributed by atoms with Crippen LogP contribution in [-0.2, 0) is 16.7 Å². The van der Waals surface area contributed by atoms with Crippen LogP contribution < -0.4 is 18.8 Å². The van der Waals surface area contributed by atoms with E-state index in [4.69, 9.17) is 18.8 Å². The van der Waals surface area contributed by atoms with Gasteiger partial charge in [-0.2, -0.15) is 8.84 Å². The van der Waals surface area contributed by atoms with Gasteiger partial charge >= 0.3 is 0 Å². The van der Waals surface area contributed by atoms with Gasteiger partial charge in [-0.15, -0.1) is 5.10 Å². The highest BCUT2D eigenvalue weighted by molar-refractivity contribution is 7.78. The molecule has 0 fully saturated rings. The zero-order valence-electron chi connectivity index (χ0n) is 22.8. The van der Waals surface area contributed by atoms with Crippen molar-refractivity contribution in [1.82, 2.24) is 19.8 Å². The van der Waals surface area contributed by atoms with Gasteiger partial charge in [-0.25, -0.2) is 10.1 Å². The first-order valence-corrected chi connectivity index (χ1v) is 13.1. The molecule has 2 heterocycles. The highest BCUT2D eigenvalue weighted by Gasteiger charge is 2.28. The second kappa shape index (κ2) is 11.4. The van der Waals surface area contributed by atoms with E-state index in [0.717, 1.165) is 23.5 Å². The number of benzene rings is 2. The van der Waals surface area contributed by atoms with Crippen LogP contribution in [0.1, 0.15) is 58.0 Å².